The van der Waals surface area contributed by atoms with Gasteiger partial charge in [0.05, 0.1) is 11.0 Å². The highest BCUT2D eigenvalue weighted by Crippen LogP contribution is 2.18. The van der Waals surface area contributed by atoms with Crippen LogP contribution in [0.15, 0.2) is 71.9 Å². The first-order valence-corrected chi connectivity index (χ1v) is 10.2. The van der Waals surface area contributed by atoms with Crippen LogP contribution in [0.5, 0.6) is 0 Å². The summed E-state index contributed by atoms with van der Waals surface area (Å²) in [6.45, 7) is 2.53. The van der Waals surface area contributed by atoms with Gasteiger partial charge in [0.25, 0.3) is 0 Å². The molecule has 0 saturated heterocycles. The molecule has 0 spiro atoms. The number of nitrogens with zero attached hydrogens (tertiary/aromatic N) is 1. The molecule has 0 radical (unpaired) electrons. The maximum Gasteiger partial charge on any atom is 0.240 e. The van der Waals surface area contributed by atoms with Crippen LogP contribution in [0.4, 0.5) is 0 Å². The van der Waals surface area contributed by atoms with Crippen molar-refractivity contribution in [3.63, 3.8) is 0 Å². The summed E-state index contributed by atoms with van der Waals surface area (Å²) in [5, 5.41) is 15.0. The standard InChI is InChI=1S/C20H23N3O3S/c1-15(12-22-14-20(24)16-5-3-2-4-6-16)23-27(25,26)19-8-7-18-13-21-10-9-17(18)11-19/h2-11,13,15,20,22-24H,12,14H2,1H3. The van der Waals surface area contributed by atoms with Crippen LogP contribution < -0.4 is 10.0 Å². The minimum atomic E-state index is -3.63. The van der Waals surface area contributed by atoms with Gasteiger partial charge in [-0.15, -0.1) is 0 Å². The fourth-order valence-corrected chi connectivity index (χ4v) is 4.11. The lowest BCUT2D eigenvalue weighted by molar-refractivity contribution is 0.174. The Kier molecular flexibility index (Phi) is 6.18. The van der Waals surface area contributed by atoms with E-state index in [-0.39, 0.29) is 10.9 Å². The molecule has 2 aromatic carbocycles. The van der Waals surface area contributed by atoms with Crippen LogP contribution in [0.1, 0.15) is 18.6 Å². The fraction of sp³-hybridized carbons (Fsp3) is 0.250. The second-order valence-corrected chi connectivity index (χ2v) is 8.21. The van der Waals surface area contributed by atoms with Gasteiger partial charge >= 0.3 is 0 Å². The van der Waals surface area contributed by atoms with E-state index >= 15 is 0 Å². The molecule has 0 aliphatic heterocycles. The topological polar surface area (TPSA) is 91.3 Å². The minimum Gasteiger partial charge on any atom is -0.387 e. The molecule has 0 aliphatic carbocycles. The number of aliphatic hydroxyl groups is 1. The molecular weight excluding hydrogens is 362 g/mol. The lowest BCUT2D eigenvalue weighted by Gasteiger charge is -2.17. The molecule has 0 aliphatic rings. The highest BCUT2D eigenvalue weighted by Gasteiger charge is 2.18. The summed E-state index contributed by atoms with van der Waals surface area (Å²) in [6.07, 6.45) is 2.70. The molecule has 0 bridgehead atoms. The number of rotatable bonds is 8. The Labute approximate surface area is 159 Å². The zero-order valence-corrected chi connectivity index (χ0v) is 15.9. The summed E-state index contributed by atoms with van der Waals surface area (Å²) in [5.41, 5.74) is 0.823. The highest BCUT2D eigenvalue weighted by molar-refractivity contribution is 7.89. The van der Waals surface area contributed by atoms with E-state index in [0.717, 1.165) is 16.3 Å². The Morgan fingerprint density at radius 3 is 2.59 bits per heavy atom. The molecule has 3 aromatic rings. The number of aliphatic hydroxyl groups excluding tert-OH is 1. The van der Waals surface area contributed by atoms with E-state index in [0.29, 0.717) is 13.1 Å². The van der Waals surface area contributed by atoms with E-state index in [4.69, 9.17) is 0 Å². The van der Waals surface area contributed by atoms with Gasteiger partial charge in [-0.25, -0.2) is 13.1 Å². The van der Waals surface area contributed by atoms with E-state index in [1.807, 2.05) is 30.3 Å². The van der Waals surface area contributed by atoms with Crippen molar-refractivity contribution < 1.29 is 13.5 Å². The SMILES string of the molecule is CC(CNCC(O)c1ccccc1)NS(=O)(=O)c1ccc2cnccc2c1. The first-order chi connectivity index (χ1) is 13.0. The van der Waals surface area contributed by atoms with Crippen LogP contribution in [0.25, 0.3) is 10.8 Å². The molecule has 0 saturated carbocycles. The normalized spacial score (nSPS) is 14.1. The van der Waals surface area contributed by atoms with Crippen molar-refractivity contribution >= 4 is 20.8 Å². The fourth-order valence-electron chi connectivity index (χ4n) is 2.83. The molecule has 6 nitrogen and oxygen atoms in total. The van der Waals surface area contributed by atoms with Crippen molar-refractivity contribution in [2.24, 2.45) is 0 Å². The summed E-state index contributed by atoms with van der Waals surface area (Å²) >= 11 is 0. The molecule has 2 unspecified atom stereocenters. The Hall–Kier alpha value is -2.32. The Morgan fingerprint density at radius 2 is 1.81 bits per heavy atom. The number of fused-ring (bicyclic) bond motifs is 1. The lowest BCUT2D eigenvalue weighted by atomic mass is 10.1. The summed E-state index contributed by atoms with van der Waals surface area (Å²) in [7, 11) is -3.63. The Morgan fingerprint density at radius 1 is 1.04 bits per heavy atom. The number of hydrogen-bond acceptors (Lipinski definition) is 5. The van der Waals surface area contributed by atoms with Gasteiger partial charge in [-0.1, -0.05) is 36.4 Å². The van der Waals surface area contributed by atoms with Crippen molar-refractivity contribution in [2.45, 2.75) is 24.0 Å². The number of pyridine rings is 1. The number of aromatic nitrogens is 1. The molecule has 0 amide bonds. The van der Waals surface area contributed by atoms with Crippen molar-refractivity contribution in [3.8, 4) is 0 Å². The molecule has 3 rings (SSSR count). The zero-order valence-electron chi connectivity index (χ0n) is 15.0. The number of hydrogen-bond donors (Lipinski definition) is 3. The van der Waals surface area contributed by atoms with Crippen LogP contribution in [-0.2, 0) is 10.0 Å². The van der Waals surface area contributed by atoms with E-state index in [9.17, 15) is 13.5 Å². The van der Waals surface area contributed by atoms with Gasteiger partial charge in [-0.05, 0) is 36.1 Å². The van der Waals surface area contributed by atoms with Crippen LogP contribution in [-0.4, -0.2) is 37.6 Å². The molecule has 142 valence electrons. The van der Waals surface area contributed by atoms with E-state index in [2.05, 4.69) is 15.0 Å². The van der Waals surface area contributed by atoms with Gasteiger partial charge in [0, 0.05) is 36.9 Å². The Bertz CT molecular complexity index is 994. The predicted molar refractivity (Wildman–Crippen MR) is 106 cm³/mol. The van der Waals surface area contributed by atoms with Crippen molar-refractivity contribution in [3.05, 3.63) is 72.6 Å². The molecule has 7 heteroatoms. The van der Waals surface area contributed by atoms with Gasteiger partial charge in [0.1, 0.15) is 0 Å². The molecule has 0 fully saturated rings. The number of benzene rings is 2. The summed E-state index contributed by atoms with van der Waals surface area (Å²) in [4.78, 5) is 4.25. The third kappa shape index (κ3) is 5.11. The van der Waals surface area contributed by atoms with Crippen LogP contribution in [0.3, 0.4) is 0 Å². The molecular formula is C20H23N3O3S. The Balaban J connectivity index is 1.56. The quantitative estimate of drug-likeness (QED) is 0.553. The second kappa shape index (κ2) is 8.58. The van der Waals surface area contributed by atoms with Crippen molar-refractivity contribution in [2.75, 3.05) is 13.1 Å². The highest BCUT2D eigenvalue weighted by atomic mass is 32.2. The smallest absolute Gasteiger partial charge is 0.240 e. The van der Waals surface area contributed by atoms with Crippen molar-refractivity contribution in [1.29, 1.82) is 0 Å². The van der Waals surface area contributed by atoms with Crippen LogP contribution >= 0.6 is 0 Å². The van der Waals surface area contributed by atoms with E-state index in [1.165, 1.54) is 0 Å². The maximum atomic E-state index is 12.6. The van der Waals surface area contributed by atoms with Crippen LogP contribution in [0.2, 0.25) is 0 Å². The van der Waals surface area contributed by atoms with Gasteiger partial charge in [-0.2, -0.15) is 0 Å². The zero-order chi connectivity index (χ0) is 19.3. The van der Waals surface area contributed by atoms with E-state index in [1.54, 1.807) is 43.6 Å². The van der Waals surface area contributed by atoms with E-state index < -0.39 is 16.1 Å². The monoisotopic (exact) mass is 385 g/mol. The summed E-state index contributed by atoms with van der Waals surface area (Å²) < 4.78 is 27.9. The average molecular weight is 385 g/mol. The molecule has 27 heavy (non-hydrogen) atoms. The van der Waals surface area contributed by atoms with Gasteiger partial charge in [0.2, 0.25) is 10.0 Å². The molecule has 3 N–H and O–H groups in total. The molecule has 1 heterocycles. The van der Waals surface area contributed by atoms with Gasteiger partial charge in [0.15, 0.2) is 0 Å². The largest absolute Gasteiger partial charge is 0.387 e. The molecule has 2 atom stereocenters. The minimum absolute atomic E-state index is 0.220. The first kappa shape index (κ1) is 19.4. The number of nitrogens with one attached hydrogen (secondary N) is 2. The van der Waals surface area contributed by atoms with Crippen LogP contribution in [0, 0.1) is 0 Å². The van der Waals surface area contributed by atoms with Gasteiger partial charge in [-0.3, -0.25) is 4.98 Å². The number of sulfonamides is 1. The summed E-state index contributed by atoms with van der Waals surface area (Å²) in [6, 6.07) is 15.8. The summed E-state index contributed by atoms with van der Waals surface area (Å²) in [5.74, 6) is 0. The first-order valence-electron chi connectivity index (χ1n) is 8.75. The molecule has 1 aromatic heterocycles. The van der Waals surface area contributed by atoms with Crippen molar-refractivity contribution in [1.82, 2.24) is 15.0 Å². The maximum absolute atomic E-state index is 12.6. The average Bonchev–Trinajstić information content (AvgIpc) is 2.67. The third-order valence-corrected chi connectivity index (χ3v) is 5.84. The third-order valence-electron chi connectivity index (χ3n) is 4.25. The predicted octanol–water partition coefficient (Wildman–Crippen LogP) is 2.22. The van der Waals surface area contributed by atoms with Gasteiger partial charge < -0.3 is 10.4 Å². The lowest BCUT2D eigenvalue weighted by Crippen LogP contribution is -2.40. The second-order valence-electron chi connectivity index (χ2n) is 6.49.